The van der Waals surface area contributed by atoms with Gasteiger partial charge in [0.2, 0.25) is 5.91 Å². The van der Waals surface area contributed by atoms with E-state index in [-0.39, 0.29) is 11.9 Å². The van der Waals surface area contributed by atoms with Crippen LogP contribution in [0.5, 0.6) is 0 Å². The number of benzene rings is 2. The Morgan fingerprint density at radius 2 is 1.79 bits per heavy atom. The molecule has 28 heavy (non-hydrogen) atoms. The summed E-state index contributed by atoms with van der Waals surface area (Å²) in [6.07, 6.45) is 1.18. The fraction of sp³-hybridized carbons (Fsp3) is 0.391. The highest BCUT2D eigenvalue weighted by atomic mass is 35.5. The Labute approximate surface area is 171 Å². The lowest BCUT2D eigenvalue weighted by Gasteiger charge is -2.36. The SMILES string of the molecule is C[C@@H]1C[C@H](C)CN(C(=O)[C@H](C)n2nc(-c3ccccc3)c3cc(Cl)ccc32)C1. The second kappa shape index (κ2) is 7.59. The summed E-state index contributed by atoms with van der Waals surface area (Å²) in [5.41, 5.74) is 2.81. The number of likely N-dealkylation sites (tertiary alicyclic amines) is 1. The highest BCUT2D eigenvalue weighted by molar-refractivity contribution is 6.31. The highest BCUT2D eigenvalue weighted by Crippen LogP contribution is 2.32. The zero-order valence-electron chi connectivity index (χ0n) is 16.6. The lowest BCUT2D eigenvalue weighted by Crippen LogP contribution is -2.45. The Bertz CT molecular complexity index is 988. The molecule has 2 heterocycles. The van der Waals surface area contributed by atoms with Crippen molar-refractivity contribution in [3.05, 3.63) is 53.6 Å². The number of piperidine rings is 1. The van der Waals surface area contributed by atoms with Crippen LogP contribution < -0.4 is 0 Å². The molecule has 1 fully saturated rings. The predicted molar refractivity (Wildman–Crippen MR) is 114 cm³/mol. The molecule has 0 aliphatic carbocycles. The molecule has 1 aliphatic heterocycles. The first kappa shape index (κ1) is 19.0. The zero-order valence-corrected chi connectivity index (χ0v) is 17.4. The first-order chi connectivity index (χ1) is 13.4. The van der Waals surface area contributed by atoms with Gasteiger partial charge in [-0.15, -0.1) is 0 Å². The maximum Gasteiger partial charge on any atom is 0.247 e. The molecule has 0 saturated carbocycles. The summed E-state index contributed by atoms with van der Waals surface area (Å²) in [4.78, 5) is 15.3. The number of fused-ring (bicyclic) bond motifs is 1. The third kappa shape index (κ3) is 3.53. The Balaban J connectivity index is 1.75. The Hall–Kier alpha value is -2.33. The second-order valence-electron chi connectivity index (χ2n) is 8.19. The number of hydrogen-bond acceptors (Lipinski definition) is 2. The number of nitrogens with zero attached hydrogens (tertiary/aromatic N) is 3. The van der Waals surface area contributed by atoms with Gasteiger partial charge in [-0.1, -0.05) is 55.8 Å². The zero-order chi connectivity index (χ0) is 19.8. The van der Waals surface area contributed by atoms with Gasteiger partial charge in [-0.05, 0) is 43.4 Å². The molecule has 1 amide bonds. The van der Waals surface area contributed by atoms with Crippen molar-refractivity contribution < 1.29 is 4.79 Å². The molecule has 0 N–H and O–H groups in total. The number of aromatic nitrogens is 2. The van der Waals surface area contributed by atoms with Gasteiger partial charge in [-0.3, -0.25) is 9.48 Å². The van der Waals surface area contributed by atoms with E-state index in [0.717, 1.165) is 35.2 Å². The third-order valence-corrected chi connectivity index (χ3v) is 5.86. The average molecular weight is 396 g/mol. The first-order valence-electron chi connectivity index (χ1n) is 9.96. The number of halogens is 1. The van der Waals surface area contributed by atoms with Crippen LogP contribution in [0.4, 0.5) is 0 Å². The number of carbonyl (C=O) groups excluding carboxylic acids is 1. The molecule has 0 bridgehead atoms. The topological polar surface area (TPSA) is 38.1 Å². The number of rotatable bonds is 3. The van der Waals surface area contributed by atoms with E-state index < -0.39 is 0 Å². The fourth-order valence-electron chi connectivity index (χ4n) is 4.43. The van der Waals surface area contributed by atoms with Gasteiger partial charge < -0.3 is 4.90 Å². The summed E-state index contributed by atoms with van der Waals surface area (Å²) in [6.45, 7) is 8.04. The molecule has 1 saturated heterocycles. The van der Waals surface area contributed by atoms with Crippen molar-refractivity contribution in [1.82, 2.24) is 14.7 Å². The molecular weight excluding hydrogens is 370 g/mol. The van der Waals surface area contributed by atoms with Crippen molar-refractivity contribution in [2.75, 3.05) is 13.1 Å². The summed E-state index contributed by atoms with van der Waals surface area (Å²) in [6, 6.07) is 15.4. The molecule has 4 nitrogen and oxygen atoms in total. The molecule has 4 rings (SSSR count). The van der Waals surface area contributed by atoms with Crippen LogP contribution in [-0.2, 0) is 4.79 Å². The van der Waals surface area contributed by atoms with Gasteiger partial charge >= 0.3 is 0 Å². The van der Waals surface area contributed by atoms with Crippen LogP contribution >= 0.6 is 11.6 Å². The van der Waals surface area contributed by atoms with Crippen LogP contribution in [0.3, 0.4) is 0 Å². The van der Waals surface area contributed by atoms with Gasteiger partial charge in [0.05, 0.1) is 5.52 Å². The van der Waals surface area contributed by atoms with Crippen LogP contribution in [0, 0.1) is 11.8 Å². The second-order valence-corrected chi connectivity index (χ2v) is 8.62. The minimum atomic E-state index is -0.362. The lowest BCUT2D eigenvalue weighted by molar-refractivity contribution is -0.137. The molecular formula is C23H26ClN3O. The Morgan fingerprint density at radius 3 is 2.46 bits per heavy atom. The van der Waals surface area contributed by atoms with Crippen molar-refractivity contribution in [3.8, 4) is 11.3 Å². The lowest BCUT2D eigenvalue weighted by atomic mass is 9.91. The average Bonchev–Trinajstić information content (AvgIpc) is 3.05. The Morgan fingerprint density at radius 1 is 1.11 bits per heavy atom. The van der Waals surface area contributed by atoms with Crippen molar-refractivity contribution >= 4 is 28.4 Å². The summed E-state index contributed by atoms with van der Waals surface area (Å²) >= 11 is 6.27. The van der Waals surface area contributed by atoms with Gasteiger partial charge in [0, 0.05) is 29.1 Å². The molecule has 0 radical (unpaired) electrons. The molecule has 1 aromatic heterocycles. The van der Waals surface area contributed by atoms with Gasteiger partial charge in [0.1, 0.15) is 11.7 Å². The van der Waals surface area contributed by atoms with Gasteiger partial charge in [0.25, 0.3) is 0 Å². The monoisotopic (exact) mass is 395 g/mol. The maximum atomic E-state index is 13.3. The molecule has 0 unspecified atom stereocenters. The number of carbonyl (C=O) groups is 1. The molecule has 3 atom stereocenters. The van der Waals surface area contributed by atoms with E-state index >= 15 is 0 Å². The van der Waals surface area contributed by atoms with Crippen LogP contribution in [0.2, 0.25) is 5.02 Å². The van der Waals surface area contributed by atoms with Crippen molar-refractivity contribution in [2.45, 2.75) is 33.2 Å². The predicted octanol–water partition coefficient (Wildman–Crippen LogP) is 5.42. The van der Waals surface area contributed by atoms with Gasteiger partial charge in [-0.2, -0.15) is 5.10 Å². The van der Waals surface area contributed by atoms with Gasteiger partial charge in [-0.25, -0.2) is 0 Å². The summed E-state index contributed by atoms with van der Waals surface area (Å²) < 4.78 is 1.86. The normalized spacial score (nSPS) is 21.1. The van der Waals surface area contributed by atoms with E-state index in [1.54, 1.807) is 0 Å². The smallest absolute Gasteiger partial charge is 0.247 e. The minimum Gasteiger partial charge on any atom is -0.340 e. The maximum absolute atomic E-state index is 13.3. The molecule has 2 aromatic carbocycles. The van der Waals surface area contributed by atoms with Crippen molar-refractivity contribution in [2.24, 2.45) is 11.8 Å². The molecule has 0 spiro atoms. The summed E-state index contributed by atoms with van der Waals surface area (Å²) in [5, 5.41) is 6.50. The standard InChI is InChI=1S/C23H26ClN3O/c1-15-11-16(2)14-26(13-15)23(28)17(3)27-21-10-9-19(24)12-20(21)22(25-27)18-7-5-4-6-8-18/h4-10,12,15-17H,11,13-14H2,1-3H3/t15-,16+,17-/m0/s1. The van der Waals surface area contributed by atoms with Crippen LogP contribution in [0.1, 0.15) is 33.2 Å². The minimum absolute atomic E-state index is 0.136. The van der Waals surface area contributed by atoms with Crippen molar-refractivity contribution in [3.63, 3.8) is 0 Å². The molecule has 3 aromatic rings. The number of hydrogen-bond donors (Lipinski definition) is 0. The van der Waals surface area contributed by atoms with Crippen LogP contribution in [-0.4, -0.2) is 33.7 Å². The summed E-state index contributed by atoms with van der Waals surface area (Å²) in [7, 11) is 0. The van der Waals surface area contributed by atoms with E-state index in [1.165, 1.54) is 6.42 Å². The largest absolute Gasteiger partial charge is 0.340 e. The van der Waals surface area contributed by atoms with Gasteiger partial charge in [0.15, 0.2) is 0 Å². The van der Waals surface area contributed by atoms with Crippen molar-refractivity contribution in [1.29, 1.82) is 0 Å². The van der Waals surface area contributed by atoms with E-state index in [0.29, 0.717) is 16.9 Å². The summed E-state index contributed by atoms with van der Waals surface area (Å²) in [5.74, 6) is 1.21. The molecule has 5 heteroatoms. The highest BCUT2D eigenvalue weighted by Gasteiger charge is 2.30. The molecule has 146 valence electrons. The van der Waals surface area contributed by atoms with E-state index in [2.05, 4.69) is 13.8 Å². The van der Waals surface area contributed by atoms with E-state index in [1.807, 2.05) is 65.0 Å². The fourth-order valence-corrected chi connectivity index (χ4v) is 4.60. The van der Waals surface area contributed by atoms with Crippen LogP contribution in [0.15, 0.2) is 48.5 Å². The van der Waals surface area contributed by atoms with E-state index in [4.69, 9.17) is 16.7 Å². The number of amides is 1. The van der Waals surface area contributed by atoms with Crippen LogP contribution in [0.25, 0.3) is 22.2 Å². The molecule has 1 aliphatic rings. The quantitative estimate of drug-likeness (QED) is 0.593. The Kier molecular flexibility index (Phi) is 5.15. The van der Waals surface area contributed by atoms with E-state index in [9.17, 15) is 4.79 Å². The first-order valence-corrected chi connectivity index (χ1v) is 10.3. The third-order valence-electron chi connectivity index (χ3n) is 5.62.